The maximum atomic E-state index is 11.0. The standard InChI is InChI=1S/C11H17N2O2.C10H18N2O.C10H12N2O.C8H11N2P.C8H10N2.C3H8O.C2H5O.3CH4.B4.B3.B.2Y/c1-9(15)13-6-11(7-13)10-2-4-12(8-14)5-3-10;2*1-8(13)12-6-10(7-12)9-2-4-11-5-3-9;11-10-5-8(6-10)7-1-3-9-4-2-7;1-3-9-4-2-7(1)8-5-10-6-8;1-3-4-2;1-3-2;;;;1-4(2)3;1-3-2;;;/h10-11H,2-7H2,1H3;9-11H,2-7H2,1H3;2-5,10H,6-7H2,1H3;1-4,8H,5-6,11H2;1-4,8,10H,5-6H2;3H2,1-2H3;1H2,2H3;3*1H4;;;;;/q-1;;;;;;-1;;;;;;;;. The predicted molar refractivity (Wildman–Crippen MR) is 341 cm³/mol. The average molecular weight is 1290 g/mol. The van der Waals surface area contributed by atoms with Gasteiger partial charge in [-0.2, -0.15) is 6.41 Å². The quantitative estimate of drug-likeness (QED) is 0.201. The topological polar surface area (TPSA) is 166 Å². The van der Waals surface area contributed by atoms with Crippen LogP contribution >= 0.6 is 9.39 Å². The van der Waals surface area contributed by atoms with Gasteiger partial charge in [-0.15, -0.1) is 0 Å². The zero-order chi connectivity index (χ0) is 56.3. The normalized spacial score (nSPS) is 17.0. The summed E-state index contributed by atoms with van der Waals surface area (Å²) in [7, 11) is 32.9. The number of carbonyl (C=O) groups is 3. The Hall–Kier alpha value is -1.71. The Kier molecular flexibility index (Phi) is 58.1. The summed E-state index contributed by atoms with van der Waals surface area (Å²) in [5.41, 5.74) is 4.11. The molecule has 7 saturated heterocycles. The third kappa shape index (κ3) is 36.4. The van der Waals surface area contributed by atoms with Crippen molar-refractivity contribution >= 4 is 94.1 Å². The first-order valence-electron chi connectivity index (χ1n) is 26.3. The van der Waals surface area contributed by atoms with E-state index in [0.717, 1.165) is 129 Å². The van der Waals surface area contributed by atoms with Gasteiger partial charge in [-0.1, -0.05) is 31.7 Å². The molecule has 16 radical (unpaired) electrons. The van der Waals surface area contributed by atoms with Gasteiger partial charge in [0, 0.05) is 281 Å². The summed E-state index contributed by atoms with van der Waals surface area (Å²) in [6.45, 7) is 21.9. The number of carbonyl (C=O) groups excluding carboxylic acids is 4. The smallest absolute Gasteiger partial charge is 0.219 e. The van der Waals surface area contributed by atoms with Crippen LogP contribution in [0.15, 0.2) is 73.6 Å². The molecular weight excluding hydrogens is 1190 g/mol. The van der Waals surface area contributed by atoms with Crippen LogP contribution in [0.5, 0.6) is 0 Å². The average Bonchev–Trinajstić information content (AvgIpc) is 3.34. The van der Waals surface area contributed by atoms with Gasteiger partial charge in [0.05, 0.1) is 0 Å². The molecule has 436 valence electrons. The SMILES string of the molecule is C.C.C.CC(=O)N1CC(C2CCN([C-]=O)CC2)C1.CC(=O)N1CC(C2CCNCC2)C1.CC(=O)N1CC(c2ccncc2)C1.CCOC.PN1CC(c2ccncc2)C1.[B].[B]B([B])[B].[B][B][B].[CH2-]OC.[Y].[Y].c1cc(C2CNC2)ccn1. The summed E-state index contributed by atoms with van der Waals surface area (Å²) < 4.78 is 10.8. The van der Waals surface area contributed by atoms with Gasteiger partial charge in [-0.25, -0.2) is 7.11 Å². The Morgan fingerprint density at radius 1 is 0.634 bits per heavy atom. The van der Waals surface area contributed by atoms with Crippen molar-refractivity contribution in [2.75, 3.05) is 112 Å². The molecule has 0 aromatic carbocycles. The summed E-state index contributed by atoms with van der Waals surface area (Å²) in [5, 5.41) is 6.61. The van der Waals surface area contributed by atoms with Crippen LogP contribution in [0.2, 0.25) is 0 Å². The van der Waals surface area contributed by atoms with Crippen LogP contribution in [0.4, 0.5) is 0 Å². The van der Waals surface area contributed by atoms with Crippen LogP contribution in [0, 0.1) is 30.8 Å². The molecular formula is C55H93B8N10O6PY2-2. The number of nitrogens with zero attached hydrogens (tertiary/aromatic N) is 8. The molecule has 16 nitrogen and oxygen atoms in total. The minimum Gasteiger partial charge on any atom is -0.557 e. The van der Waals surface area contributed by atoms with E-state index in [0.29, 0.717) is 17.8 Å². The van der Waals surface area contributed by atoms with Crippen molar-refractivity contribution in [2.45, 2.75) is 93.4 Å². The van der Waals surface area contributed by atoms with E-state index in [-0.39, 0.29) is 114 Å². The Bertz CT molecular complexity index is 1980. The number of rotatable bonds is 7. The van der Waals surface area contributed by atoms with Crippen molar-refractivity contribution in [2.24, 2.45) is 23.7 Å². The summed E-state index contributed by atoms with van der Waals surface area (Å²) in [4.78, 5) is 62.6. The number of methoxy groups -OCH3 is 2. The number of amides is 4. The molecule has 7 aliphatic heterocycles. The minimum atomic E-state index is -0.667. The first-order chi connectivity index (χ1) is 36.5. The zero-order valence-electron chi connectivity index (χ0n) is 48.0. The fourth-order valence-corrected chi connectivity index (χ4v) is 9.52. The summed E-state index contributed by atoms with van der Waals surface area (Å²) >= 11 is 0. The summed E-state index contributed by atoms with van der Waals surface area (Å²) in [5.74, 6) is 5.63. The fraction of sp³-hybridized carbons (Fsp3) is 0.636. The predicted octanol–water partition coefficient (Wildman–Crippen LogP) is 3.71. The molecule has 0 aliphatic carbocycles. The van der Waals surface area contributed by atoms with Gasteiger partial charge in [0.2, 0.25) is 17.7 Å². The van der Waals surface area contributed by atoms with Gasteiger partial charge in [-0.05, 0) is 143 Å². The Morgan fingerprint density at radius 3 is 1.20 bits per heavy atom. The Labute approximate surface area is 560 Å². The van der Waals surface area contributed by atoms with Crippen LogP contribution in [0.3, 0.4) is 0 Å². The van der Waals surface area contributed by atoms with Crippen molar-refractivity contribution in [1.29, 1.82) is 0 Å². The van der Waals surface area contributed by atoms with Crippen molar-refractivity contribution in [3.63, 3.8) is 0 Å². The van der Waals surface area contributed by atoms with Gasteiger partial charge in [0.1, 0.15) is 0 Å². The molecule has 7 aliphatic rings. The summed E-state index contributed by atoms with van der Waals surface area (Å²) in [6, 6.07) is 12.4. The van der Waals surface area contributed by atoms with Crippen LogP contribution in [-0.4, -0.2) is 236 Å². The van der Waals surface area contributed by atoms with E-state index in [1.807, 2.05) is 65.0 Å². The number of nitrogens with one attached hydrogen (secondary N) is 2. The van der Waals surface area contributed by atoms with Crippen molar-refractivity contribution in [3.8, 4) is 0 Å². The van der Waals surface area contributed by atoms with E-state index >= 15 is 0 Å². The molecule has 10 heterocycles. The monoisotopic (exact) mass is 1290 g/mol. The molecule has 27 heteroatoms. The molecule has 2 N–H and O–H groups in total. The number of ether oxygens (including phenoxy) is 2. The van der Waals surface area contributed by atoms with Gasteiger partial charge in [0.25, 0.3) is 0 Å². The van der Waals surface area contributed by atoms with Crippen molar-refractivity contribution in [1.82, 2.24) is 49.9 Å². The first kappa shape index (κ1) is 89.0. The van der Waals surface area contributed by atoms with E-state index in [2.05, 4.69) is 119 Å². The van der Waals surface area contributed by atoms with E-state index in [1.165, 1.54) is 49.7 Å². The molecule has 4 amide bonds. The number of piperidine rings is 2. The third-order valence-electron chi connectivity index (χ3n) is 13.9. The van der Waals surface area contributed by atoms with E-state index in [4.69, 9.17) is 0 Å². The van der Waals surface area contributed by atoms with Gasteiger partial charge >= 0.3 is 0 Å². The van der Waals surface area contributed by atoms with Crippen LogP contribution < -0.4 is 10.6 Å². The maximum Gasteiger partial charge on any atom is 0.219 e. The molecule has 7 fully saturated rings. The second-order valence-corrected chi connectivity index (χ2v) is 20.2. The molecule has 1 atom stereocenters. The van der Waals surface area contributed by atoms with Crippen molar-refractivity contribution < 1.29 is 94.1 Å². The number of likely N-dealkylation sites (tertiary alicyclic amines) is 4. The zero-order valence-corrected chi connectivity index (χ0v) is 54.8. The largest absolute Gasteiger partial charge is 0.557 e. The number of hydrogen-bond acceptors (Lipinski definition) is 12. The first-order valence-corrected chi connectivity index (χ1v) is 26.9. The second kappa shape index (κ2) is 53.5. The number of pyridine rings is 3. The summed E-state index contributed by atoms with van der Waals surface area (Å²) in [6.07, 6.45) is 17.1. The molecule has 0 spiro atoms. The molecule has 3 aromatic heterocycles. The van der Waals surface area contributed by atoms with Crippen LogP contribution in [0.1, 0.15) is 110 Å². The molecule has 0 bridgehead atoms. The maximum absolute atomic E-state index is 11.0. The van der Waals surface area contributed by atoms with Gasteiger partial charge < -0.3 is 44.5 Å². The molecule has 0 saturated carbocycles. The Balaban J connectivity index is -0.000000281. The van der Waals surface area contributed by atoms with E-state index in [1.54, 1.807) is 45.2 Å². The molecule has 82 heavy (non-hydrogen) atoms. The van der Waals surface area contributed by atoms with E-state index in [9.17, 15) is 19.2 Å². The van der Waals surface area contributed by atoms with Gasteiger partial charge in [-0.3, -0.25) is 34.0 Å². The minimum absolute atomic E-state index is 0. The third-order valence-corrected chi connectivity index (χ3v) is 14.4. The molecule has 10 rings (SSSR count). The van der Waals surface area contributed by atoms with E-state index < -0.39 is 6.39 Å². The molecule has 1 unspecified atom stereocenters. The second-order valence-electron chi connectivity index (χ2n) is 19.5. The van der Waals surface area contributed by atoms with Gasteiger partial charge in [0.15, 0.2) is 0 Å². The number of aromatic nitrogens is 3. The fourth-order valence-electron chi connectivity index (χ4n) is 9.01. The number of hydrogen-bond donors (Lipinski definition) is 2. The Morgan fingerprint density at radius 2 is 0.927 bits per heavy atom. The molecule has 3 aromatic rings. The van der Waals surface area contributed by atoms with Crippen molar-refractivity contribution in [3.05, 3.63) is 97.4 Å². The van der Waals surface area contributed by atoms with Crippen LogP contribution in [0.25, 0.3) is 0 Å². The van der Waals surface area contributed by atoms with Crippen LogP contribution in [-0.2, 0) is 94.1 Å².